The standard InChI is InChI=1S/C6H3ClFN2O2/c1-12-5(11)4-3(7)2-9-6(8)10-4/h1H3. The molecule has 0 aliphatic rings. The van der Waals surface area contributed by atoms with E-state index in [-0.39, 0.29) is 10.7 Å². The van der Waals surface area contributed by atoms with Gasteiger partial charge in [-0.2, -0.15) is 14.4 Å². The molecule has 0 aromatic carbocycles. The van der Waals surface area contributed by atoms with Crippen molar-refractivity contribution in [1.29, 1.82) is 0 Å². The van der Waals surface area contributed by atoms with Crippen molar-refractivity contribution in [1.82, 2.24) is 9.97 Å². The summed E-state index contributed by atoms with van der Waals surface area (Å²) in [4.78, 5) is 16.9. The van der Waals surface area contributed by atoms with Crippen LogP contribution in [0.2, 0.25) is 5.02 Å². The Morgan fingerprint density at radius 1 is 1.75 bits per heavy atom. The molecule has 63 valence electrons. The molecular weight excluding hydrogens is 187 g/mol. The van der Waals surface area contributed by atoms with Crippen LogP contribution in [0.5, 0.6) is 0 Å². The largest absolute Gasteiger partial charge is 0.464 e. The van der Waals surface area contributed by atoms with Gasteiger partial charge in [0.05, 0.1) is 7.11 Å². The fourth-order valence-electron chi connectivity index (χ4n) is 0.546. The maximum Gasteiger partial charge on any atom is 0.358 e. The molecule has 0 aliphatic carbocycles. The lowest BCUT2D eigenvalue weighted by molar-refractivity contribution is 0.0592. The van der Waals surface area contributed by atoms with E-state index in [4.69, 9.17) is 11.6 Å². The highest BCUT2D eigenvalue weighted by Gasteiger charge is 2.14. The SMILES string of the molecule is COC(=O)c1nc(F)n[c]c1Cl. The third kappa shape index (κ3) is 1.68. The molecule has 0 aliphatic heterocycles. The Labute approximate surface area is 72.3 Å². The van der Waals surface area contributed by atoms with Crippen LogP contribution < -0.4 is 0 Å². The first kappa shape index (κ1) is 8.86. The number of hydrogen-bond acceptors (Lipinski definition) is 4. The van der Waals surface area contributed by atoms with Gasteiger partial charge in [0.15, 0.2) is 5.69 Å². The van der Waals surface area contributed by atoms with Gasteiger partial charge in [-0.3, -0.25) is 0 Å². The van der Waals surface area contributed by atoms with Gasteiger partial charge >= 0.3 is 12.0 Å². The van der Waals surface area contributed by atoms with Gasteiger partial charge < -0.3 is 4.74 Å². The Morgan fingerprint density at radius 2 is 2.42 bits per heavy atom. The first-order valence-electron chi connectivity index (χ1n) is 2.84. The first-order chi connectivity index (χ1) is 5.65. The Hall–Kier alpha value is -1.23. The van der Waals surface area contributed by atoms with Crippen molar-refractivity contribution in [2.24, 2.45) is 0 Å². The molecule has 4 nitrogen and oxygen atoms in total. The zero-order chi connectivity index (χ0) is 9.14. The van der Waals surface area contributed by atoms with E-state index in [1.165, 1.54) is 0 Å². The molecule has 0 amide bonds. The zero-order valence-electron chi connectivity index (χ0n) is 5.97. The van der Waals surface area contributed by atoms with Crippen LogP contribution in [0.25, 0.3) is 0 Å². The lowest BCUT2D eigenvalue weighted by atomic mass is 10.4. The summed E-state index contributed by atoms with van der Waals surface area (Å²) in [6.07, 6.45) is 0.991. The van der Waals surface area contributed by atoms with Crippen molar-refractivity contribution in [3.8, 4) is 0 Å². The van der Waals surface area contributed by atoms with Crippen molar-refractivity contribution in [3.05, 3.63) is 23.0 Å². The number of nitrogens with zero attached hydrogens (tertiary/aromatic N) is 2. The van der Waals surface area contributed by atoms with Crippen LogP contribution in [0.3, 0.4) is 0 Å². The zero-order valence-corrected chi connectivity index (χ0v) is 6.72. The molecule has 1 aromatic rings. The van der Waals surface area contributed by atoms with E-state index >= 15 is 0 Å². The van der Waals surface area contributed by atoms with Gasteiger partial charge in [0.2, 0.25) is 0 Å². The minimum Gasteiger partial charge on any atom is -0.464 e. The minimum atomic E-state index is -1.07. The highest BCUT2D eigenvalue weighted by atomic mass is 35.5. The van der Waals surface area contributed by atoms with E-state index in [1.807, 2.05) is 0 Å². The van der Waals surface area contributed by atoms with Crippen LogP contribution in [0.1, 0.15) is 10.5 Å². The Kier molecular flexibility index (Phi) is 2.54. The summed E-state index contributed by atoms with van der Waals surface area (Å²) in [6.45, 7) is 0. The third-order valence-corrected chi connectivity index (χ3v) is 1.30. The molecule has 12 heavy (non-hydrogen) atoms. The number of rotatable bonds is 1. The summed E-state index contributed by atoms with van der Waals surface area (Å²) in [7, 11) is 1.14. The van der Waals surface area contributed by atoms with Crippen molar-refractivity contribution in [3.63, 3.8) is 0 Å². The number of carbonyl (C=O) groups excluding carboxylic acids is 1. The first-order valence-corrected chi connectivity index (χ1v) is 3.22. The molecule has 1 heterocycles. The lowest BCUT2D eigenvalue weighted by Gasteiger charge is -1.98. The number of methoxy groups -OCH3 is 1. The van der Waals surface area contributed by atoms with Crippen LogP contribution in [0.4, 0.5) is 4.39 Å². The minimum absolute atomic E-state index is 0.164. The van der Waals surface area contributed by atoms with Crippen molar-refractivity contribution in [2.75, 3.05) is 7.11 Å². The number of carbonyl (C=O) groups is 1. The van der Waals surface area contributed by atoms with E-state index in [0.717, 1.165) is 7.11 Å². The van der Waals surface area contributed by atoms with E-state index < -0.39 is 12.0 Å². The summed E-state index contributed by atoms with van der Waals surface area (Å²) >= 11 is 5.42. The molecule has 0 unspecified atom stereocenters. The summed E-state index contributed by atoms with van der Waals surface area (Å²) < 4.78 is 16.6. The fourth-order valence-corrected chi connectivity index (χ4v) is 0.708. The summed E-state index contributed by atoms with van der Waals surface area (Å²) in [5, 5.41) is -0.164. The molecule has 1 radical (unpaired) electrons. The van der Waals surface area contributed by atoms with Crippen LogP contribution in [-0.4, -0.2) is 23.0 Å². The molecule has 0 N–H and O–H groups in total. The monoisotopic (exact) mass is 189 g/mol. The second-order valence-electron chi connectivity index (χ2n) is 1.76. The number of hydrogen-bond donors (Lipinski definition) is 0. The van der Waals surface area contributed by atoms with E-state index in [0.29, 0.717) is 0 Å². The van der Waals surface area contributed by atoms with Gasteiger partial charge in [-0.05, 0) is 0 Å². The second kappa shape index (κ2) is 3.44. The molecule has 6 heteroatoms. The molecule has 1 aromatic heterocycles. The average Bonchev–Trinajstić information content (AvgIpc) is 2.08. The number of halogens is 2. The van der Waals surface area contributed by atoms with Crippen LogP contribution in [0, 0.1) is 12.3 Å². The van der Waals surface area contributed by atoms with Gasteiger partial charge in [0, 0.05) is 0 Å². The number of ether oxygens (including phenoxy) is 1. The van der Waals surface area contributed by atoms with Crippen molar-refractivity contribution < 1.29 is 13.9 Å². The number of esters is 1. The Bertz CT molecular complexity index is 318. The normalized spacial score (nSPS) is 9.58. The van der Waals surface area contributed by atoms with E-state index in [2.05, 4.69) is 20.9 Å². The van der Waals surface area contributed by atoms with Gasteiger partial charge in [0.25, 0.3) is 0 Å². The quantitative estimate of drug-likeness (QED) is 0.486. The van der Waals surface area contributed by atoms with Crippen molar-refractivity contribution >= 4 is 17.6 Å². The van der Waals surface area contributed by atoms with Crippen LogP contribution in [0.15, 0.2) is 0 Å². The molecule has 0 atom stereocenters. The molecule has 0 saturated heterocycles. The highest BCUT2D eigenvalue weighted by Crippen LogP contribution is 2.11. The average molecular weight is 190 g/mol. The maximum absolute atomic E-state index is 12.3. The Balaban J connectivity index is 3.13. The van der Waals surface area contributed by atoms with Gasteiger partial charge in [-0.15, -0.1) is 0 Å². The third-order valence-electron chi connectivity index (χ3n) is 1.04. The highest BCUT2D eigenvalue weighted by molar-refractivity contribution is 6.32. The molecule has 1 rings (SSSR count). The van der Waals surface area contributed by atoms with Crippen LogP contribution >= 0.6 is 11.6 Å². The maximum atomic E-state index is 12.3. The topological polar surface area (TPSA) is 52.1 Å². The van der Waals surface area contributed by atoms with E-state index in [9.17, 15) is 9.18 Å². The molecule has 0 bridgehead atoms. The smallest absolute Gasteiger partial charge is 0.358 e. The summed E-state index contributed by atoms with van der Waals surface area (Å²) in [5.74, 6) is -0.822. The lowest BCUT2D eigenvalue weighted by Crippen LogP contribution is -2.07. The molecule has 0 fully saturated rings. The predicted octanol–water partition coefficient (Wildman–Crippen LogP) is 0.856. The molecular formula is C6H3ClFN2O2. The van der Waals surface area contributed by atoms with Crippen LogP contribution in [-0.2, 0) is 4.74 Å². The predicted molar refractivity (Wildman–Crippen MR) is 37.2 cm³/mol. The summed E-state index contributed by atoms with van der Waals surface area (Å²) in [5.41, 5.74) is -0.327. The fraction of sp³-hybridized carbons (Fsp3) is 0.167. The van der Waals surface area contributed by atoms with Crippen molar-refractivity contribution in [2.45, 2.75) is 0 Å². The number of aromatic nitrogens is 2. The van der Waals surface area contributed by atoms with Gasteiger partial charge in [-0.1, -0.05) is 11.6 Å². The van der Waals surface area contributed by atoms with Gasteiger partial charge in [0.1, 0.15) is 11.2 Å². The van der Waals surface area contributed by atoms with E-state index in [1.54, 1.807) is 0 Å². The second-order valence-corrected chi connectivity index (χ2v) is 2.14. The van der Waals surface area contributed by atoms with Gasteiger partial charge in [-0.25, -0.2) is 4.79 Å². The molecule has 0 saturated carbocycles. The molecule has 0 spiro atoms. The summed E-state index contributed by atoms with van der Waals surface area (Å²) in [6, 6.07) is 0. The Morgan fingerprint density at radius 3 is 3.00 bits per heavy atom.